The summed E-state index contributed by atoms with van der Waals surface area (Å²) >= 11 is 0. The number of alkyl halides is 3. The Labute approximate surface area is 159 Å². The maximum atomic E-state index is 13.0. The Morgan fingerprint density at radius 1 is 1.04 bits per heavy atom. The summed E-state index contributed by atoms with van der Waals surface area (Å²) in [4.78, 5) is 25.8. The number of para-hydroxylation sites is 1. The number of hydrogen-bond acceptors (Lipinski definition) is 4. The number of methoxy groups -OCH3 is 2. The molecule has 6 nitrogen and oxygen atoms in total. The molecule has 0 fully saturated rings. The minimum atomic E-state index is -4.61. The molecule has 0 radical (unpaired) electrons. The van der Waals surface area contributed by atoms with E-state index < -0.39 is 30.1 Å². The van der Waals surface area contributed by atoms with Crippen LogP contribution in [0.4, 0.5) is 18.9 Å². The minimum absolute atomic E-state index is 0.210. The standard InChI is InChI=1S/C19H19F3N2O4/c1-24(18(26)12-8-13(27-2)10-14(9-12)28-3)11-17(25)23-16-7-5-4-6-15(16)19(20,21)22/h4-10H,11H2,1-3H3,(H,23,25). The quantitative estimate of drug-likeness (QED) is 0.812. The molecule has 2 rings (SSSR count). The predicted octanol–water partition coefficient (Wildman–Crippen LogP) is 3.43. The summed E-state index contributed by atoms with van der Waals surface area (Å²) < 4.78 is 49.2. The van der Waals surface area contributed by atoms with Gasteiger partial charge in [0.25, 0.3) is 5.91 Å². The summed E-state index contributed by atoms with van der Waals surface area (Å²) in [5.74, 6) is -0.502. The Bertz CT molecular complexity index is 846. The fourth-order valence-corrected chi connectivity index (χ4v) is 2.47. The van der Waals surface area contributed by atoms with Gasteiger partial charge < -0.3 is 19.7 Å². The molecule has 150 valence electrons. The van der Waals surface area contributed by atoms with Crippen LogP contribution in [0, 0.1) is 0 Å². The number of benzene rings is 2. The molecule has 1 N–H and O–H groups in total. The molecule has 0 aliphatic rings. The van der Waals surface area contributed by atoms with Gasteiger partial charge in [0.15, 0.2) is 0 Å². The molecule has 0 bridgehead atoms. The molecule has 2 amide bonds. The summed E-state index contributed by atoms with van der Waals surface area (Å²) in [5, 5.41) is 2.20. The first kappa shape index (κ1) is 21.1. The van der Waals surface area contributed by atoms with Crippen molar-refractivity contribution < 1.29 is 32.2 Å². The molecule has 0 atom stereocenters. The van der Waals surface area contributed by atoms with Gasteiger partial charge in [-0.15, -0.1) is 0 Å². The third-order valence-corrected chi connectivity index (χ3v) is 3.83. The maximum Gasteiger partial charge on any atom is 0.418 e. The first-order valence-corrected chi connectivity index (χ1v) is 8.10. The number of halogens is 3. The highest BCUT2D eigenvalue weighted by Gasteiger charge is 2.33. The van der Waals surface area contributed by atoms with Crippen LogP contribution in [0.25, 0.3) is 0 Å². The number of carbonyl (C=O) groups excluding carboxylic acids is 2. The molecule has 0 aliphatic heterocycles. The Balaban J connectivity index is 2.12. The molecule has 0 unspecified atom stereocenters. The average molecular weight is 396 g/mol. The molecule has 0 spiro atoms. The van der Waals surface area contributed by atoms with Crippen LogP contribution >= 0.6 is 0 Å². The van der Waals surface area contributed by atoms with Crippen molar-refractivity contribution >= 4 is 17.5 Å². The van der Waals surface area contributed by atoms with Crippen LogP contribution < -0.4 is 14.8 Å². The largest absolute Gasteiger partial charge is 0.497 e. The van der Waals surface area contributed by atoms with Crippen LogP contribution in [0.15, 0.2) is 42.5 Å². The van der Waals surface area contributed by atoms with Crippen molar-refractivity contribution in [1.82, 2.24) is 4.90 Å². The normalized spacial score (nSPS) is 10.9. The van der Waals surface area contributed by atoms with Gasteiger partial charge in [-0.2, -0.15) is 13.2 Å². The van der Waals surface area contributed by atoms with Gasteiger partial charge in [-0.25, -0.2) is 0 Å². The van der Waals surface area contributed by atoms with Crippen molar-refractivity contribution in [3.8, 4) is 11.5 Å². The Kier molecular flexibility index (Phi) is 6.50. The van der Waals surface area contributed by atoms with E-state index in [1.807, 2.05) is 0 Å². The molecular weight excluding hydrogens is 377 g/mol. The van der Waals surface area contributed by atoms with Crippen molar-refractivity contribution in [2.45, 2.75) is 6.18 Å². The van der Waals surface area contributed by atoms with Crippen LogP contribution in [-0.2, 0) is 11.0 Å². The summed E-state index contributed by atoms with van der Waals surface area (Å²) in [7, 11) is 4.22. The van der Waals surface area contributed by atoms with Crippen LogP contribution in [0.2, 0.25) is 0 Å². The molecule has 2 aromatic rings. The van der Waals surface area contributed by atoms with E-state index in [9.17, 15) is 22.8 Å². The lowest BCUT2D eigenvalue weighted by molar-refractivity contribution is -0.137. The van der Waals surface area contributed by atoms with E-state index >= 15 is 0 Å². The lowest BCUT2D eigenvalue weighted by atomic mass is 10.1. The summed E-state index contributed by atoms with van der Waals surface area (Å²) in [5.41, 5.74) is -1.12. The summed E-state index contributed by atoms with van der Waals surface area (Å²) in [6.07, 6.45) is -4.61. The van der Waals surface area contributed by atoms with Crippen LogP contribution in [0.3, 0.4) is 0 Å². The number of carbonyl (C=O) groups is 2. The first-order valence-electron chi connectivity index (χ1n) is 8.10. The average Bonchev–Trinajstić information content (AvgIpc) is 2.66. The maximum absolute atomic E-state index is 13.0. The third-order valence-electron chi connectivity index (χ3n) is 3.83. The monoisotopic (exact) mass is 396 g/mol. The number of amides is 2. The molecule has 9 heteroatoms. The van der Waals surface area contributed by atoms with E-state index in [2.05, 4.69) is 5.32 Å². The number of hydrogen-bond donors (Lipinski definition) is 1. The Hall–Kier alpha value is -3.23. The van der Waals surface area contributed by atoms with E-state index in [0.717, 1.165) is 17.0 Å². The van der Waals surface area contributed by atoms with Gasteiger partial charge in [-0.1, -0.05) is 12.1 Å². The van der Waals surface area contributed by atoms with Gasteiger partial charge in [0.2, 0.25) is 5.91 Å². The number of nitrogens with zero attached hydrogens (tertiary/aromatic N) is 1. The van der Waals surface area contributed by atoms with Crippen molar-refractivity contribution in [2.75, 3.05) is 33.1 Å². The highest BCUT2D eigenvalue weighted by molar-refractivity contribution is 6.00. The molecule has 0 aromatic heterocycles. The second-order valence-corrected chi connectivity index (χ2v) is 5.85. The van der Waals surface area contributed by atoms with Crippen LogP contribution in [0.5, 0.6) is 11.5 Å². The van der Waals surface area contributed by atoms with Crippen molar-refractivity contribution in [3.05, 3.63) is 53.6 Å². The molecule has 0 heterocycles. The zero-order valence-corrected chi connectivity index (χ0v) is 15.5. The SMILES string of the molecule is COc1cc(OC)cc(C(=O)N(C)CC(=O)Nc2ccccc2C(F)(F)F)c1. The number of nitrogens with one attached hydrogen (secondary N) is 1. The second-order valence-electron chi connectivity index (χ2n) is 5.85. The van der Waals surface area contributed by atoms with Crippen molar-refractivity contribution in [3.63, 3.8) is 0 Å². The van der Waals surface area contributed by atoms with E-state index in [4.69, 9.17) is 9.47 Å². The summed E-state index contributed by atoms with van der Waals surface area (Å²) in [6, 6.07) is 9.14. The van der Waals surface area contributed by atoms with Crippen molar-refractivity contribution in [1.29, 1.82) is 0 Å². The first-order chi connectivity index (χ1) is 13.2. The molecule has 28 heavy (non-hydrogen) atoms. The Morgan fingerprint density at radius 3 is 2.14 bits per heavy atom. The van der Waals surface area contributed by atoms with Gasteiger partial charge in [-0.3, -0.25) is 9.59 Å². The number of ether oxygens (including phenoxy) is 2. The molecular formula is C19H19F3N2O4. The van der Waals surface area contributed by atoms with Gasteiger partial charge >= 0.3 is 6.18 Å². The lowest BCUT2D eigenvalue weighted by Crippen LogP contribution is -2.35. The molecule has 2 aromatic carbocycles. The topological polar surface area (TPSA) is 67.9 Å². The fraction of sp³-hybridized carbons (Fsp3) is 0.263. The predicted molar refractivity (Wildman–Crippen MR) is 96.6 cm³/mol. The van der Waals surface area contributed by atoms with Gasteiger partial charge in [-0.05, 0) is 24.3 Å². The van der Waals surface area contributed by atoms with E-state index in [0.29, 0.717) is 11.5 Å². The minimum Gasteiger partial charge on any atom is -0.497 e. The highest BCUT2D eigenvalue weighted by Crippen LogP contribution is 2.34. The van der Waals surface area contributed by atoms with Crippen LogP contribution in [-0.4, -0.2) is 44.5 Å². The summed E-state index contributed by atoms with van der Waals surface area (Å²) in [6.45, 7) is -0.440. The van der Waals surface area contributed by atoms with Gasteiger partial charge in [0, 0.05) is 18.7 Å². The van der Waals surface area contributed by atoms with E-state index in [-0.39, 0.29) is 11.3 Å². The number of rotatable bonds is 6. The molecule has 0 saturated heterocycles. The lowest BCUT2D eigenvalue weighted by Gasteiger charge is -2.19. The number of likely N-dealkylation sites (N-methyl/N-ethyl adjacent to an activating group) is 1. The second kappa shape index (κ2) is 8.64. The smallest absolute Gasteiger partial charge is 0.418 e. The Morgan fingerprint density at radius 2 is 1.61 bits per heavy atom. The van der Waals surface area contributed by atoms with E-state index in [1.165, 1.54) is 45.5 Å². The van der Waals surface area contributed by atoms with Crippen molar-refractivity contribution in [2.24, 2.45) is 0 Å². The zero-order chi connectivity index (χ0) is 20.9. The molecule has 0 saturated carbocycles. The van der Waals surface area contributed by atoms with Crippen LogP contribution in [0.1, 0.15) is 15.9 Å². The van der Waals surface area contributed by atoms with Gasteiger partial charge in [0.1, 0.15) is 11.5 Å². The third kappa shape index (κ3) is 5.15. The van der Waals surface area contributed by atoms with Gasteiger partial charge in [0.05, 0.1) is 32.0 Å². The highest BCUT2D eigenvalue weighted by atomic mass is 19.4. The zero-order valence-electron chi connectivity index (χ0n) is 15.5. The fourth-order valence-electron chi connectivity index (χ4n) is 2.47. The number of anilines is 1. The molecule has 0 aliphatic carbocycles. The van der Waals surface area contributed by atoms with E-state index in [1.54, 1.807) is 6.07 Å².